The summed E-state index contributed by atoms with van der Waals surface area (Å²) in [5, 5.41) is 8.99. The van der Waals surface area contributed by atoms with Crippen LogP contribution in [0.5, 0.6) is 5.75 Å². The standard InChI is InChI=1S/C24BF20.C10H10OS/c26-5-1(6(27)14(35)21(42)13(5)34)25(2-7(28)15(36)22(43)16(37)8(2)29,3-9(30)17(38)23(44)18(39)10(3)31)4-11(32)19(40)24(45)20(41)12(4)33;1-2-3-8-12-10-6-4-9(11)5-7-10/h;1,4-7,11H,3,8H2/q-1;/p+1. The third-order valence-corrected chi connectivity index (χ3v) is 9.22. The van der Waals surface area contributed by atoms with Crippen molar-refractivity contribution >= 4 is 39.8 Å². The lowest BCUT2D eigenvalue weighted by molar-refractivity contribution is 0.378. The summed E-state index contributed by atoms with van der Waals surface area (Å²) in [6.45, 7) is 0. The maximum absolute atomic E-state index is 15.4. The Morgan fingerprint density at radius 3 is 0.807 bits per heavy atom. The fraction of sp³-hybridized carbons (Fsp3) is 0.0588. The summed E-state index contributed by atoms with van der Waals surface area (Å²) < 4.78 is 294. The maximum atomic E-state index is 15.4. The summed E-state index contributed by atoms with van der Waals surface area (Å²) in [6.07, 6.45) is -1.29. The van der Waals surface area contributed by atoms with Crippen LogP contribution in [0.4, 0.5) is 87.8 Å². The highest BCUT2D eigenvalue weighted by atomic mass is 32.2. The average molecular weight is 858 g/mol. The van der Waals surface area contributed by atoms with Crippen molar-refractivity contribution in [2.45, 2.75) is 11.3 Å². The summed E-state index contributed by atoms with van der Waals surface area (Å²) >= 11 is 1.23. The monoisotopic (exact) mass is 858 g/mol. The Morgan fingerprint density at radius 2 is 0.596 bits per heavy atom. The first-order chi connectivity index (χ1) is 26.5. The smallest absolute Gasteiger partial charge is 0.200 e. The number of terminal acetylenes is 1. The summed E-state index contributed by atoms with van der Waals surface area (Å²) in [7, 11) is 0. The Kier molecular flexibility index (Phi) is 12.8. The van der Waals surface area contributed by atoms with Crippen molar-refractivity contribution in [2.24, 2.45) is 0 Å². The number of hydrogen-bond donors (Lipinski definition) is 1. The van der Waals surface area contributed by atoms with Crippen molar-refractivity contribution < 1.29 is 92.9 Å². The molecule has 5 rings (SSSR count). The summed E-state index contributed by atoms with van der Waals surface area (Å²) in [5.74, 6) is -67.5. The van der Waals surface area contributed by atoms with Gasteiger partial charge in [0.1, 0.15) is 64.2 Å². The number of aromatic hydroxyl groups is 1. The first kappa shape index (κ1) is 44.2. The molecule has 1 N–H and O–H groups in total. The first-order valence-electron chi connectivity index (χ1n) is 14.7. The van der Waals surface area contributed by atoms with E-state index in [0.29, 0.717) is 5.75 Å². The summed E-state index contributed by atoms with van der Waals surface area (Å²) in [4.78, 5) is 1.20. The number of rotatable bonds is 7. The molecule has 0 fully saturated rings. The van der Waals surface area contributed by atoms with Gasteiger partial charge in [-0.05, 0) is 24.3 Å². The minimum absolute atomic E-state index is 0.311. The van der Waals surface area contributed by atoms with Gasteiger partial charge in [-0.2, -0.15) is 0 Å². The minimum Gasteiger partial charge on any atom is -0.508 e. The van der Waals surface area contributed by atoms with Crippen molar-refractivity contribution in [3.8, 4) is 18.1 Å². The topological polar surface area (TPSA) is 20.2 Å². The molecule has 0 aliphatic carbocycles. The fourth-order valence-electron chi connectivity index (χ4n) is 5.68. The number of phenolic OH excluding ortho intramolecular Hbond substituents is 1. The Balaban J connectivity index is 0.000000512. The fourth-order valence-corrected chi connectivity index (χ4v) is 6.54. The molecule has 0 saturated carbocycles. The van der Waals surface area contributed by atoms with E-state index >= 15 is 35.1 Å². The Bertz CT molecular complexity index is 2090. The highest BCUT2D eigenvalue weighted by Gasteiger charge is 2.52. The Hall–Kier alpha value is -5.53. The van der Waals surface area contributed by atoms with Crippen LogP contribution in [0, 0.1) is 129 Å². The van der Waals surface area contributed by atoms with Crippen LogP contribution in [-0.4, -0.2) is 17.0 Å². The van der Waals surface area contributed by atoms with E-state index < -0.39 is 144 Å². The molecule has 0 heterocycles. The lowest BCUT2D eigenvalue weighted by atomic mass is 9.12. The first-order valence-corrected chi connectivity index (χ1v) is 15.7. The Morgan fingerprint density at radius 1 is 0.386 bits per heavy atom. The van der Waals surface area contributed by atoms with Crippen molar-refractivity contribution in [1.29, 1.82) is 0 Å². The molecule has 0 aliphatic rings. The second-order valence-corrected chi connectivity index (χ2v) is 12.4. The lowest BCUT2D eigenvalue weighted by Gasteiger charge is -2.44. The van der Waals surface area contributed by atoms with E-state index in [1.54, 1.807) is 12.1 Å². The van der Waals surface area contributed by atoms with Gasteiger partial charge in [-0.15, -0.1) is 34.2 Å². The zero-order valence-electron chi connectivity index (χ0n) is 26.8. The van der Waals surface area contributed by atoms with Crippen LogP contribution in [-0.2, 0) is 11.8 Å². The van der Waals surface area contributed by atoms with Gasteiger partial charge in [0, 0.05) is 11.8 Å². The third kappa shape index (κ3) is 7.08. The van der Waals surface area contributed by atoms with E-state index in [0.717, 1.165) is 12.2 Å². The van der Waals surface area contributed by atoms with E-state index in [4.69, 9.17) is 11.5 Å². The van der Waals surface area contributed by atoms with Gasteiger partial charge < -0.3 is 5.11 Å². The van der Waals surface area contributed by atoms with Gasteiger partial charge in [-0.25, -0.2) is 87.8 Å². The molecule has 5 aromatic rings. The van der Waals surface area contributed by atoms with Crippen molar-refractivity contribution in [3.05, 3.63) is 141 Å². The third-order valence-electron chi connectivity index (χ3n) is 8.11. The summed E-state index contributed by atoms with van der Waals surface area (Å²) in [6, 6.07) is 7.21. The molecule has 0 aliphatic heterocycles. The van der Waals surface area contributed by atoms with Crippen LogP contribution in [0.25, 0.3) is 0 Å². The van der Waals surface area contributed by atoms with E-state index in [9.17, 15) is 52.7 Å². The van der Waals surface area contributed by atoms with Gasteiger partial charge in [0.05, 0.1) is 6.42 Å². The molecule has 0 spiro atoms. The van der Waals surface area contributed by atoms with Gasteiger partial charge in [0.15, 0.2) is 74.7 Å². The SMILES string of the molecule is C#CCC[SH+]c1ccc(O)cc1.Fc1c(F)c(F)c([B-](c2c(F)c(F)c(F)c(F)c2F)(c2c(F)c(F)c(F)c(F)c2F)c2c(F)c(F)c(F)c(F)c2F)c(F)c1F. The number of halogens is 20. The van der Waals surface area contributed by atoms with Crippen LogP contribution in [0.3, 0.4) is 0 Å². The molecule has 0 radical (unpaired) electrons. The highest BCUT2D eigenvalue weighted by molar-refractivity contribution is 7.78. The molecule has 0 saturated heterocycles. The molecule has 23 heteroatoms. The van der Waals surface area contributed by atoms with Crippen molar-refractivity contribution in [2.75, 3.05) is 5.75 Å². The molecule has 57 heavy (non-hydrogen) atoms. The number of phenols is 1. The molecule has 0 aromatic heterocycles. The van der Waals surface area contributed by atoms with Crippen LogP contribution >= 0.6 is 0 Å². The van der Waals surface area contributed by atoms with Crippen molar-refractivity contribution in [1.82, 2.24) is 0 Å². The van der Waals surface area contributed by atoms with Crippen LogP contribution < -0.4 is 21.9 Å². The number of hydrogen-bond acceptors (Lipinski definition) is 1. The Labute approximate surface area is 308 Å². The van der Waals surface area contributed by atoms with Gasteiger partial charge in [0.25, 0.3) is 0 Å². The molecular formula is C34H11BF20OS. The highest BCUT2D eigenvalue weighted by Crippen LogP contribution is 2.30. The molecule has 5 aromatic carbocycles. The van der Waals surface area contributed by atoms with E-state index in [1.807, 2.05) is 12.1 Å². The zero-order chi connectivity index (χ0) is 43.2. The van der Waals surface area contributed by atoms with E-state index in [2.05, 4.69) is 5.92 Å². The predicted molar refractivity (Wildman–Crippen MR) is 163 cm³/mol. The minimum atomic E-state index is -7.22. The van der Waals surface area contributed by atoms with Gasteiger partial charge in [0.2, 0.25) is 0 Å². The van der Waals surface area contributed by atoms with Crippen LogP contribution in [0.15, 0.2) is 29.2 Å². The van der Waals surface area contributed by atoms with Crippen molar-refractivity contribution in [3.63, 3.8) is 0 Å². The maximum Gasteiger partial charge on any atom is 0.200 e. The second-order valence-electron chi connectivity index (χ2n) is 11.2. The molecular weight excluding hydrogens is 847 g/mol. The quantitative estimate of drug-likeness (QED) is 0.0264. The van der Waals surface area contributed by atoms with Gasteiger partial charge in [-0.1, -0.05) is 0 Å². The predicted octanol–water partition coefficient (Wildman–Crippen LogP) is 7.44. The number of thiol groups is 1. The summed E-state index contributed by atoms with van der Waals surface area (Å²) in [5.41, 5.74) is -14.3. The molecule has 0 unspecified atom stereocenters. The number of benzene rings is 5. The lowest BCUT2D eigenvalue weighted by Crippen LogP contribution is -2.81. The molecule has 0 atom stereocenters. The van der Waals surface area contributed by atoms with E-state index in [-0.39, 0.29) is 0 Å². The molecule has 0 amide bonds. The largest absolute Gasteiger partial charge is 0.508 e. The van der Waals surface area contributed by atoms with Gasteiger partial charge >= 0.3 is 0 Å². The van der Waals surface area contributed by atoms with E-state index in [1.165, 1.54) is 16.7 Å². The molecule has 302 valence electrons. The second kappa shape index (κ2) is 16.5. The normalized spacial score (nSPS) is 11.4. The van der Waals surface area contributed by atoms with Gasteiger partial charge in [-0.3, -0.25) is 0 Å². The average Bonchev–Trinajstić information content (AvgIpc) is 3.18. The molecule has 1 nitrogen and oxygen atoms in total. The van der Waals surface area contributed by atoms with Crippen LogP contribution in [0.1, 0.15) is 6.42 Å². The zero-order valence-corrected chi connectivity index (χ0v) is 27.7. The molecule has 0 bridgehead atoms. The van der Waals surface area contributed by atoms with Crippen LogP contribution in [0.2, 0.25) is 0 Å².